The predicted molar refractivity (Wildman–Crippen MR) is 92.6 cm³/mol. The molecule has 4 heteroatoms. The molecule has 2 heterocycles. The van der Waals surface area contributed by atoms with Crippen molar-refractivity contribution < 1.29 is 4.79 Å². The number of hydrogen-bond acceptors (Lipinski definition) is 2. The second-order valence-electron chi connectivity index (χ2n) is 6.59. The average Bonchev–Trinajstić information content (AvgIpc) is 3.09. The van der Waals surface area contributed by atoms with Crippen LogP contribution < -0.4 is 0 Å². The van der Waals surface area contributed by atoms with Crippen LogP contribution in [0.1, 0.15) is 65.5 Å². The summed E-state index contributed by atoms with van der Waals surface area (Å²) in [6.07, 6.45) is 13.5. The van der Waals surface area contributed by atoms with Gasteiger partial charge in [-0.05, 0) is 50.5 Å². The summed E-state index contributed by atoms with van der Waals surface area (Å²) in [7, 11) is 1.82. The summed E-state index contributed by atoms with van der Waals surface area (Å²) < 4.78 is 4.11. The van der Waals surface area contributed by atoms with Crippen LogP contribution in [-0.4, -0.2) is 20.1 Å². The lowest BCUT2D eigenvalue weighted by atomic mass is 9.95. The zero-order chi connectivity index (χ0) is 16.4. The van der Waals surface area contributed by atoms with Gasteiger partial charge in [0.15, 0.2) is 5.78 Å². The van der Waals surface area contributed by atoms with Crippen LogP contribution >= 0.6 is 0 Å². The Bertz CT molecular complexity index is 730. The summed E-state index contributed by atoms with van der Waals surface area (Å²) in [5, 5.41) is 4.05. The van der Waals surface area contributed by atoms with E-state index in [0.29, 0.717) is 11.6 Å². The van der Waals surface area contributed by atoms with E-state index in [1.165, 1.54) is 43.5 Å². The molecule has 0 aromatic carbocycles. The normalized spacial score (nSPS) is 16.3. The number of rotatable bonds is 4. The van der Waals surface area contributed by atoms with Gasteiger partial charge in [0, 0.05) is 30.7 Å². The molecule has 2 aromatic heterocycles. The van der Waals surface area contributed by atoms with Gasteiger partial charge in [-0.15, -0.1) is 0 Å². The molecule has 0 atom stereocenters. The molecule has 0 unspecified atom stereocenters. The lowest BCUT2D eigenvalue weighted by molar-refractivity contribution is 0.104. The number of carbonyl (C=O) groups excluding carboxylic acids is 1. The maximum Gasteiger partial charge on any atom is 0.189 e. The first-order chi connectivity index (χ1) is 11.1. The van der Waals surface area contributed by atoms with Crippen molar-refractivity contribution in [3.63, 3.8) is 0 Å². The molecule has 2 aromatic rings. The van der Waals surface area contributed by atoms with Gasteiger partial charge < -0.3 is 4.57 Å². The summed E-state index contributed by atoms with van der Waals surface area (Å²) in [5.41, 5.74) is 4.34. The zero-order valence-corrected chi connectivity index (χ0v) is 14.2. The molecule has 122 valence electrons. The molecule has 0 aliphatic heterocycles. The van der Waals surface area contributed by atoms with Crippen molar-refractivity contribution in [1.29, 1.82) is 0 Å². The van der Waals surface area contributed by atoms with Crippen LogP contribution in [0.5, 0.6) is 0 Å². The van der Waals surface area contributed by atoms with Crippen LogP contribution in [0.25, 0.3) is 6.08 Å². The molecule has 0 amide bonds. The molecule has 0 radical (unpaired) electrons. The Morgan fingerprint density at radius 2 is 2.00 bits per heavy atom. The molecule has 23 heavy (non-hydrogen) atoms. The summed E-state index contributed by atoms with van der Waals surface area (Å²) in [6, 6.07) is 2.82. The zero-order valence-electron chi connectivity index (χ0n) is 14.2. The van der Waals surface area contributed by atoms with E-state index in [2.05, 4.69) is 29.6 Å². The average molecular weight is 311 g/mol. The third kappa shape index (κ3) is 3.31. The molecule has 0 saturated heterocycles. The molecular formula is C19H25N3O. The highest BCUT2D eigenvalue weighted by Crippen LogP contribution is 2.32. The Hall–Kier alpha value is -2.10. The number of aryl methyl sites for hydroxylation is 2. The molecule has 0 spiro atoms. The van der Waals surface area contributed by atoms with E-state index < -0.39 is 0 Å². The topological polar surface area (TPSA) is 39.8 Å². The van der Waals surface area contributed by atoms with Crippen molar-refractivity contribution in [2.24, 2.45) is 7.05 Å². The number of nitrogens with zero attached hydrogens (tertiary/aromatic N) is 3. The third-order valence-corrected chi connectivity index (χ3v) is 4.87. The molecular weight excluding hydrogens is 286 g/mol. The molecule has 1 aliphatic carbocycles. The summed E-state index contributed by atoms with van der Waals surface area (Å²) in [6.45, 7) is 4.33. The molecule has 1 fully saturated rings. The first kappa shape index (κ1) is 15.8. The van der Waals surface area contributed by atoms with Gasteiger partial charge in [0.1, 0.15) is 0 Å². The van der Waals surface area contributed by atoms with Gasteiger partial charge in [-0.2, -0.15) is 5.10 Å². The highest BCUT2D eigenvalue weighted by Gasteiger charge is 2.19. The fourth-order valence-electron chi connectivity index (χ4n) is 3.68. The summed E-state index contributed by atoms with van der Waals surface area (Å²) >= 11 is 0. The molecule has 0 bridgehead atoms. The standard InChI is InChI=1S/C19H25N3O/c1-14-11-16(9-10-19(23)17-12-20-21(3)13-17)15(2)22(14)18-7-5-4-6-8-18/h9-13,18H,4-8H2,1-3H3/b10-9+. The highest BCUT2D eigenvalue weighted by molar-refractivity contribution is 6.06. The fraction of sp³-hybridized carbons (Fsp3) is 0.474. The minimum atomic E-state index is 0.000527. The van der Waals surface area contributed by atoms with Gasteiger partial charge in [-0.25, -0.2) is 0 Å². The van der Waals surface area contributed by atoms with Crippen LogP contribution in [0, 0.1) is 13.8 Å². The van der Waals surface area contributed by atoms with E-state index in [0.717, 1.165) is 5.56 Å². The Balaban J connectivity index is 1.80. The smallest absolute Gasteiger partial charge is 0.189 e. The first-order valence-corrected chi connectivity index (χ1v) is 8.46. The summed E-state index contributed by atoms with van der Waals surface area (Å²) in [4.78, 5) is 12.2. The Morgan fingerprint density at radius 3 is 2.65 bits per heavy atom. The van der Waals surface area contributed by atoms with Gasteiger partial charge in [0.05, 0.1) is 11.8 Å². The maximum absolute atomic E-state index is 12.2. The third-order valence-electron chi connectivity index (χ3n) is 4.87. The molecule has 1 saturated carbocycles. The van der Waals surface area contributed by atoms with E-state index in [1.807, 2.05) is 13.1 Å². The van der Waals surface area contributed by atoms with Crippen molar-refractivity contribution in [3.8, 4) is 0 Å². The van der Waals surface area contributed by atoms with Crippen LogP contribution in [0.4, 0.5) is 0 Å². The molecule has 0 N–H and O–H groups in total. The predicted octanol–water partition coefficient (Wildman–Crippen LogP) is 4.24. The van der Waals surface area contributed by atoms with Crippen LogP contribution in [-0.2, 0) is 7.05 Å². The molecule has 1 aliphatic rings. The van der Waals surface area contributed by atoms with E-state index in [-0.39, 0.29) is 5.78 Å². The van der Waals surface area contributed by atoms with Crippen molar-refractivity contribution in [1.82, 2.24) is 14.3 Å². The number of carbonyl (C=O) groups is 1. The monoisotopic (exact) mass is 311 g/mol. The quantitative estimate of drug-likeness (QED) is 0.626. The van der Waals surface area contributed by atoms with Crippen molar-refractivity contribution in [2.45, 2.75) is 52.0 Å². The lowest BCUT2D eigenvalue weighted by Crippen LogP contribution is -2.15. The SMILES string of the molecule is Cc1cc(/C=C/C(=O)c2cnn(C)c2)c(C)n1C1CCCCC1. The van der Waals surface area contributed by atoms with E-state index >= 15 is 0 Å². The number of hydrogen-bond donors (Lipinski definition) is 0. The highest BCUT2D eigenvalue weighted by atomic mass is 16.1. The Kier molecular flexibility index (Phi) is 4.51. The van der Waals surface area contributed by atoms with Gasteiger partial charge in [-0.1, -0.05) is 19.3 Å². The number of allylic oxidation sites excluding steroid dienone is 1. The van der Waals surface area contributed by atoms with Crippen LogP contribution in [0.3, 0.4) is 0 Å². The van der Waals surface area contributed by atoms with Crippen molar-refractivity contribution >= 4 is 11.9 Å². The van der Waals surface area contributed by atoms with Gasteiger partial charge in [0.25, 0.3) is 0 Å². The Labute approximate surface area is 137 Å². The summed E-state index contributed by atoms with van der Waals surface area (Å²) in [5.74, 6) is 0.000527. The fourth-order valence-corrected chi connectivity index (χ4v) is 3.68. The van der Waals surface area contributed by atoms with E-state index in [1.54, 1.807) is 23.2 Å². The van der Waals surface area contributed by atoms with E-state index in [4.69, 9.17) is 0 Å². The van der Waals surface area contributed by atoms with Gasteiger partial charge in [-0.3, -0.25) is 9.48 Å². The van der Waals surface area contributed by atoms with Crippen LogP contribution in [0.15, 0.2) is 24.5 Å². The van der Waals surface area contributed by atoms with E-state index in [9.17, 15) is 4.79 Å². The number of ketones is 1. The van der Waals surface area contributed by atoms with Gasteiger partial charge in [0.2, 0.25) is 0 Å². The second-order valence-corrected chi connectivity index (χ2v) is 6.59. The minimum absolute atomic E-state index is 0.000527. The largest absolute Gasteiger partial charge is 0.346 e. The number of aromatic nitrogens is 3. The van der Waals surface area contributed by atoms with Crippen LogP contribution in [0.2, 0.25) is 0 Å². The van der Waals surface area contributed by atoms with Crippen molar-refractivity contribution in [3.05, 3.63) is 47.1 Å². The minimum Gasteiger partial charge on any atom is -0.346 e. The second kappa shape index (κ2) is 6.57. The Morgan fingerprint density at radius 1 is 1.26 bits per heavy atom. The molecule has 4 nitrogen and oxygen atoms in total. The van der Waals surface area contributed by atoms with Crippen molar-refractivity contribution in [2.75, 3.05) is 0 Å². The lowest BCUT2D eigenvalue weighted by Gasteiger charge is -2.26. The molecule has 3 rings (SSSR count). The maximum atomic E-state index is 12.2. The van der Waals surface area contributed by atoms with Gasteiger partial charge >= 0.3 is 0 Å². The first-order valence-electron chi connectivity index (χ1n) is 8.46.